The van der Waals surface area contributed by atoms with E-state index in [2.05, 4.69) is 37.0 Å². The Hall–Kier alpha value is -3.37. The summed E-state index contributed by atoms with van der Waals surface area (Å²) >= 11 is 7.07. The van der Waals surface area contributed by atoms with Gasteiger partial charge < -0.3 is 18.9 Å². The van der Waals surface area contributed by atoms with E-state index in [1.807, 2.05) is 70.2 Å². The van der Waals surface area contributed by atoms with Crippen molar-refractivity contribution in [1.29, 1.82) is 0 Å². The van der Waals surface area contributed by atoms with E-state index in [0.29, 0.717) is 51.7 Å². The van der Waals surface area contributed by atoms with Gasteiger partial charge in [-0.3, -0.25) is 4.79 Å². The van der Waals surface area contributed by atoms with E-state index in [1.54, 1.807) is 12.3 Å². The monoisotopic (exact) mass is 655 g/mol. The van der Waals surface area contributed by atoms with Crippen molar-refractivity contribution in [2.45, 2.75) is 39.7 Å². The van der Waals surface area contributed by atoms with Crippen LogP contribution in [0.3, 0.4) is 0 Å². The summed E-state index contributed by atoms with van der Waals surface area (Å²) < 4.78 is 25.8. The summed E-state index contributed by atoms with van der Waals surface area (Å²) in [5, 5.41) is 5.06. The summed E-state index contributed by atoms with van der Waals surface area (Å²) in [6, 6.07) is 14.9. The van der Waals surface area contributed by atoms with Crippen LogP contribution in [-0.2, 0) is 12.0 Å². The average Bonchev–Trinajstić information content (AvgIpc) is 3.35. The highest BCUT2D eigenvalue weighted by Crippen LogP contribution is 2.38. The molecule has 202 valence electrons. The molecule has 1 aliphatic rings. The first-order chi connectivity index (χ1) is 18.6. The predicted molar refractivity (Wildman–Crippen MR) is 158 cm³/mol. The Labute approximate surface area is 242 Å². The third-order valence-corrected chi connectivity index (χ3v) is 7.04. The quantitative estimate of drug-likeness (QED) is 0.203. The maximum atomic E-state index is 13.5. The average molecular weight is 657 g/mol. The Bertz CT molecular complexity index is 1640. The number of fused-ring (bicyclic) bond motifs is 2. The van der Waals surface area contributed by atoms with Crippen LogP contribution in [-0.4, -0.2) is 29.3 Å². The van der Waals surface area contributed by atoms with Gasteiger partial charge in [0.1, 0.15) is 12.4 Å². The molecular weight excluding hydrogens is 630 g/mol. The number of rotatable bonds is 7. The van der Waals surface area contributed by atoms with E-state index in [-0.39, 0.29) is 12.4 Å². The molecule has 2 heterocycles. The van der Waals surface area contributed by atoms with Gasteiger partial charge in [0.05, 0.1) is 28.2 Å². The fraction of sp³-hybridized carbons (Fsp3) is 0.276. The molecule has 0 atom stereocenters. The van der Waals surface area contributed by atoms with Crippen molar-refractivity contribution in [1.82, 2.24) is 9.66 Å². The first kappa shape index (κ1) is 27.2. The Morgan fingerprint density at radius 3 is 2.62 bits per heavy atom. The highest BCUT2D eigenvalue weighted by Gasteiger charge is 2.23. The molecule has 39 heavy (non-hydrogen) atoms. The third-order valence-electron chi connectivity index (χ3n) is 5.95. The van der Waals surface area contributed by atoms with Crippen molar-refractivity contribution >= 4 is 49.0 Å². The fourth-order valence-electron chi connectivity index (χ4n) is 4.12. The maximum Gasteiger partial charge on any atom is 0.282 e. The van der Waals surface area contributed by atoms with Crippen LogP contribution in [0.1, 0.15) is 44.6 Å². The molecule has 0 saturated heterocycles. The van der Waals surface area contributed by atoms with E-state index in [9.17, 15) is 4.79 Å². The molecule has 5 rings (SSSR count). The first-order valence-corrected chi connectivity index (χ1v) is 14.0. The first-order valence-electron chi connectivity index (χ1n) is 12.4. The molecule has 10 heteroatoms. The van der Waals surface area contributed by atoms with E-state index in [1.165, 1.54) is 4.68 Å². The van der Waals surface area contributed by atoms with Crippen molar-refractivity contribution in [3.05, 3.63) is 84.8 Å². The molecule has 0 unspecified atom stereocenters. The molecule has 3 aromatic carbocycles. The van der Waals surface area contributed by atoms with E-state index in [0.717, 1.165) is 21.3 Å². The summed E-state index contributed by atoms with van der Waals surface area (Å²) in [5.41, 5.74) is 1.63. The lowest BCUT2D eigenvalue weighted by atomic mass is 9.95. The van der Waals surface area contributed by atoms with Gasteiger partial charge in [-0.25, -0.2) is 4.98 Å². The SMILES string of the molecule is CCOc1cc(C=Nn2c(C(C)(C)C)nc3ccc(Br)cc3c2=O)cc(Br)c1OCc1ccc2c(c1)OCO2. The summed E-state index contributed by atoms with van der Waals surface area (Å²) in [5.74, 6) is 3.11. The van der Waals surface area contributed by atoms with Crippen molar-refractivity contribution in [2.24, 2.45) is 5.10 Å². The Morgan fingerprint density at radius 1 is 1.05 bits per heavy atom. The number of nitrogens with zero attached hydrogens (tertiary/aromatic N) is 3. The second kappa shape index (κ2) is 11.0. The van der Waals surface area contributed by atoms with Crippen LogP contribution >= 0.6 is 31.9 Å². The van der Waals surface area contributed by atoms with Gasteiger partial charge in [0, 0.05) is 9.89 Å². The molecule has 0 saturated carbocycles. The molecule has 4 aromatic rings. The Morgan fingerprint density at radius 2 is 1.85 bits per heavy atom. The van der Waals surface area contributed by atoms with Crippen molar-refractivity contribution in [3.8, 4) is 23.0 Å². The molecule has 1 aromatic heterocycles. The molecule has 1 aliphatic heterocycles. The van der Waals surface area contributed by atoms with Crippen molar-refractivity contribution < 1.29 is 18.9 Å². The van der Waals surface area contributed by atoms with E-state index < -0.39 is 5.41 Å². The largest absolute Gasteiger partial charge is 0.490 e. The summed E-state index contributed by atoms with van der Waals surface area (Å²) in [4.78, 5) is 18.2. The summed E-state index contributed by atoms with van der Waals surface area (Å²) in [7, 11) is 0. The Balaban J connectivity index is 1.48. The Kier molecular flexibility index (Phi) is 7.68. The van der Waals surface area contributed by atoms with Gasteiger partial charge in [-0.1, -0.05) is 42.8 Å². The molecule has 0 spiro atoms. The second-order valence-electron chi connectivity index (χ2n) is 9.95. The maximum absolute atomic E-state index is 13.5. The lowest BCUT2D eigenvalue weighted by Crippen LogP contribution is -2.29. The topological polar surface area (TPSA) is 84.2 Å². The second-order valence-corrected chi connectivity index (χ2v) is 11.7. The number of benzene rings is 3. The van der Waals surface area contributed by atoms with Gasteiger partial charge in [-0.05, 0) is 76.4 Å². The van der Waals surface area contributed by atoms with Gasteiger partial charge in [-0.15, -0.1) is 0 Å². The highest BCUT2D eigenvalue weighted by atomic mass is 79.9. The standard InChI is InChI=1S/C29H27Br2N3O5/c1-5-36-25-12-18(10-21(31)26(25)37-15-17-6-9-23-24(11-17)39-16-38-23)14-32-34-27(35)20-13-19(30)7-8-22(20)33-28(34)29(2,3)4/h6-14H,5,15-16H2,1-4H3. The lowest BCUT2D eigenvalue weighted by molar-refractivity contribution is 0.174. The van der Waals surface area contributed by atoms with Crippen LogP contribution in [0, 0.1) is 0 Å². The molecule has 0 N–H and O–H groups in total. The minimum Gasteiger partial charge on any atom is -0.490 e. The number of aromatic nitrogens is 2. The smallest absolute Gasteiger partial charge is 0.282 e. The zero-order valence-electron chi connectivity index (χ0n) is 22.0. The highest BCUT2D eigenvalue weighted by molar-refractivity contribution is 9.10. The van der Waals surface area contributed by atoms with Crippen molar-refractivity contribution in [3.63, 3.8) is 0 Å². The molecule has 0 radical (unpaired) electrons. The third kappa shape index (κ3) is 5.81. The fourth-order valence-corrected chi connectivity index (χ4v) is 5.05. The van der Waals surface area contributed by atoms with Crippen LogP contribution in [0.2, 0.25) is 0 Å². The number of hydrogen-bond donors (Lipinski definition) is 0. The molecule has 0 amide bonds. The zero-order chi connectivity index (χ0) is 27.7. The number of halogens is 2. The summed E-state index contributed by atoms with van der Waals surface area (Å²) in [6.45, 7) is 8.89. The zero-order valence-corrected chi connectivity index (χ0v) is 25.1. The van der Waals surface area contributed by atoms with Crippen LogP contribution in [0.4, 0.5) is 0 Å². The molecular formula is C29H27Br2N3O5. The summed E-state index contributed by atoms with van der Waals surface area (Å²) in [6.07, 6.45) is 1.62. The van der Waals surface area contributed by atoms with Crippen LogP contribution in [0.5, 0.6) is 23.0 Å². The van der Waals surface area contributed by atoms with Crippen LogP contribution in [0.25, 0.3) is 10.9 Å². The molecule has 0 bridgehead atoms. The van der Waals surface area contributed by atoms with Gasteiger partial charge >= 0.3 is 0 Å². The van der Waals surface area contributed by atoms with Gasteiger partial charge in [0.25, 0.3) is 5.56 Å². The molecule has 0 aliphatic carbocycles. The van der Waals surface area contributed by atoms with Gasteiger partial charge in [-0.2, -0.15) is 9.78 Å². The minimum absolute atomic E-state index is 0.221. The molecule has 0 fully saturated rings. The van der Waals surface area contributed by atoms with Crippen molar-refractivity contribution in [2.75, 3.05) is 13.4 Å². The van der Waals surface area contributed by atoms with E-state index >= 15 is 0 Å². The van der Waals surface area contributed by atoms with E-state index in [4.69, 9.17) is 23.9 Å². The van der Waals surface area contributed by atoms with Gasteiger partial charge in [0.15, 0.2) is 23.0 Å². The predicted octanol–water partition coefficient (Wildman–Crippen LogP) is 6.81. The van der Waals surface area contributed by atoms with Crippen LogP contribution in [0.15, 0.2) is 67.4 Å². The minimum atomic E-state index is -0.415. The normalized spacial score (nSPS) is 12.9. The number of hydrogen-bond acceptors (Lipinski definition) is 7. The number of ether oxygens (including phenoxy) is 4. The van der Waals surface area contributed by atoms with Crippen LogP contribution < -0.4 is 24.5 Å². The molecule has 8 nitrogen and oxygen atoms in total. The lowest BCUT2D eigenvalue weighted by Gasteiger charge is -2.21. The van der Waals surface area contributed by atoms with Gasteiger partial charge in [0.2, 0.25) is 6.79 Å².